The Morgan fingerprint density at radius 2 is 1.71 bits per heavy atom. The van der Waals surface area contributed by atoms with Gasteiger partial charge in [0.05, 0.1) is 11.0 Å². The third-order valence-electron chi connectivity index (χ3n) is 8.63. The molecular weight excluding hydrogens is 509 g/mol. The number of imidazole rings is 1. The molecule has 0 amide bonds. The van der Waals surface area contributed by atoms with Gasteiger partial charge in [-0.1, -0.05) is 60.2 Å². The van der Waals surface area contributed by atoms with Crippen LogP contribution in [0.2, 0.25) is 0 Å². The Balaban J connectivity index is 1.08. The highest BCUT2D eigenvalue weighted by atomic mass is 19.1. The highest BCUT2D eigenvalue weighted by Crippen LogP contribution is 2.37. The van der Waals surface area contributed by atoms with Crippen molar-refractivity contribution in [2.24, 2.45) is 0 Å². The Kier molecular flexibility index (Phi) is 6.85. The van der Waals surface area contributed by atoms with Crippen molar-refractivity contribution in [3.63, 3.8) is 0 Å². The molecule has 4 heterocycles. The number of aryl methyl sites for hydroxylation is 1. The summed E-state index contributed by atoms with van der Waals surface area (Å²) in [6, 6.07) is 26.7. The van der Waals surface area contributed by atoms with E-state index < -0.39 is 0 Å². The number of nitrogens with one attached hydrogen (secondary N) is 1. The van der Waals surface area contributed by atoms with Crippen LogP contribution < -0.4 is 0 Å². The van der Waals surface area contributed by atoms with Crippen molar-refractivity contribution in [2.45, 2.75) is 45.1 Å². The number of halogens is 1. The molecular formula is C35H34FN5. The van der Waals surface area contributed by atoms with Crippen LogP contribution in [0.25, 0.3) is 28.4 Å². The number of likely N-dealkylation sites (tertiary alicyclic amines) is 1. The molecule has 0 bridgehead atoms. The molecule has 1 saturated heterocycles. The van der Waals surface area contributed by atoms with Gasteiger partial charge in [-0.2, -0.15) is 5.10 Å². The van der Waals surface area contributed by atoms with Crippen LogP contribution in [-0.4, -0.2) is 37.7 Å². The highest BCUT2D eigenvalue weighted by Gasteiger charge is 2.24. The molecule has 0 unspecified atom stereocenters. The summed E-state index contributed by atoms with van der Waals surface area (Å²) in [4.78, 5) is 10.6. The number of nitrogens with zero attached hydrogens (tertiary/aromatic N) is 4. The van der Waals surface area contributed by atoms with Crippen molar-refractivity contribution in [1.82, 2.24) is 24.6 Å². The lowest BCUT2D eigenvalue weighted by Crippen LogP contribution is -2.32. The number of allylic oxidation sites excluding steroid dienone is 3. The number of rotatable bonds is 5. The number of piperidine rings is 1. The van der Waals surface area contributed by atoms with Gasteiger partial charge < -0.3 is 4.98 Å². The Labute approximate surface area is 240 Å². The predicted molar refractivity (Wildman–Crippen MR) is 163 cm³/mol. The van der Waals surface area contributed by atoms with Gasteiger partial charge >= 0.3 is 0 Å². The lowest BCUT2D eigenvalue weighted by atomic mass is 9.87. The van der Waals surface area contributed by atoms with E-state index in [1.165, 1.54) is 51.2 Å². The average Bonchev–Trinajstić information content (AvgIpc) is 3.62. The molecule has 1 N–H and O–H groups in total. The Morgan fingerprint density at radius 1 is 0.902 bits per heavy atom. The first-order chi connectivity index (χ1) is 20.1. The van der Waals surface area contributed by atoms with Crippen LogP contribution >= 0.6 is 0 Å². The maximum Gasteiger partial charge on any atom is 0.125 e. The molecule has 0 atom stereocenters. The van der Waals surface area contributed by atoms with Gasteiger partial charge in [-0.15, -0.1) is 0 Å². The molecule has 7 rings (SSSR count). The zero-order valence-electron chi connectivity index (χ0n) is 23.4. The smallest absolute Gasteiger partial charge is 0.125 e. The first-order valence-electron chi connectivity index (χ1n) is 14.6. The summed E-state index contributed by atoms with van der Waals surface area (Å²) in [5.41, 5.74) is 10.5. The largest absolute Gasteiger partial charge is 0.342 e. The predicted octanol–water partition coefficient (Wildman–Crippen LogP) is 7.70. The van der Waals surface area contributed by atoms with Gasteiger partial charge in [0.2, 0.25) is 0 Å². The normalized spacial score (nSPS) is 16.9. The number of hydrogen-bond donors (Lipinski definition) is 1. The molecule has 41 heavy (non-hydrogen) atoms. The fraction of sp³-hybridized carbons (Fsp3) is 0.257. The quantitative estimate of drug-likeness (QED) is 0.247. The summed E-state index contributed by atoms with van der Waals surface area (Å²) < 4.78 is 15.6. The summed E-state index contributed by atoms with van der Waals surface area (Å²) in [7, 11) is 0. The molecule has 2 aliphatic rings. The zero-order valence-corrected chi connectivity index (χ0v) is 23.4. The average molecular weight is 544 g/mol. The minimum absolute atomic E-state index is 0.228. The van der Waals surface area contributed by atoms with Crippen molar-refractivity contribution in [1.29, 1.82) is 0 Å². The van der Waals surface area contributed by atoms with Crippen LogP contribution in [0.3, 0.4) is 0 Å². The first-order valence-corrected chi connectivity index (χ1v) is 14.6. The van der Waals surface area contributed by atoms with E-state index in [1.54, 1.807) is 6.07 Å². The third kappa shape index (κ3) is 5.27. The van der Waals surface area contributed by atoms with Crippen LogP contribution in [0.1, 0.15) is 60.3 Å². The molecule has 2 aromatic heterocycles. The summed E-state index contributed by atoms with van der Waals surface area (Å²) in [6.45, 7) is 5.26. The van der Waals surface area contributed by atoms with E-state index in [2.05, 4.69) is 88.8 Å². The van der Waals surface area contributed by atoms with Crippen molar-refractivity contribution in [3.8, 4) is 0 Å². The molecule has 3 aromatic carbocycles. The minimum atomic E-state index is -0.228. The van der Waals surface area contributed by atoms with Crippen molar-refractivity contribution in [3.05, 3.63) is 125 Å². The summed E-state index contributed by atoms with van der Waals surface area (Å²) in [5.74, 6) is 1.15. The van der Waals surface area contributed by atoms with E-state index in [-0.39, 0.29) is 5.82 Å². The van der Waals surface area contributed by atoms with E-state index in [0.29, 0.717) is 5.92 Å². The third-order valence-corrected chi connectivity index (χ3v) is 8.63. The summed E-state index contributed by atoms with van der Waals surface area (Å²) in [5, 5.41) is 4.60. The second-order valence-electron chi connectivity index (χ2n) is 11.4. The maximum atomic E-state index is 13.6. The lowest BCUT2D eigenvalue weighted by Gasteiger charge is -2.31. The van der Waals surface area contributed by atoms with Crippen LogP contribution in [0.15, 0.2) is 90.6 Å². The molecule has 206 valence electrons. The zero-order chi connectivity index (χ0) is 27.8. The van der Waals surface area contributed by atoms with E-state index in [4.69, 9.17) is 4.98 Å². The number of H-pyrrole nitrogens is 1. The lowest BCUT2D eigenvalue weighted by molar-refractivity contribution is 0.202. The van der Waals surface area contributed by atoms with E-state index >= 15 is 0 Å². The van der Waals surface area contributed by atoms with Gasteiger partial charge in [-0.25, -0.2) is 14.1 Å². The molecule has 0 saturated carbocycles. The minimum Gasteiger partial charge on any atom is -0.342 e. The number of hydrogen-bond acceptors (Lipinski definition) is 3. The van der Waals surface area contributed by atoms with Gasteiger partial charge in [-0.05, 0) is 92.2 Å². The SMILES string of the molecule is CC1=C(c2ccc(CN3CCC(c4nc5ccc(F)cc5[nH]4)CC3)cc2)C(c2ccccc2)=Cn2nccc2CC1. The molecule has 6 heteroatoms. The second-order valence-corrected chi connectivity index (χ2v) is 11.4. The van der Waals surface area contributed by atoms with Crippen molar-refractivity contribution in [2.75, 3.05) is 13.1 Å². The number of aromatic amines is 1. The molecule has 0 radical (unpaired) electrons. The number of aromatic nitrogens is 4. The van der Waals surface area contributed by atoms with Gasteiger partial charge in [0.25, 0.3) is 0 Å². The molecule has 0 aliphatic carbocycles. The molecule has 1 fully saturated rings. The fourth-order valence-corrected chi connectivity index (χ4v) is 6.35. The monoisotopic (exact) mass is 543 g/mol. The molecule has 0 spiro atoms. The van der Waals surface area contributed by atoms with Crippen LogP contribution in [-0.2, 0) is 13.0 Å². The van der Waals surface area contributed by atoms with Crippen molar-refractivity contribution < 1.29 is 4.39 Å². The van der Waals surface area contributed by atoms with Crippen LogP contribution in [0, 0.1) is 5.82 Å². The van der Waals surface area contributed by atoms with Crippen LogP contribution in [0.5, 0.6) is 0 Å². The topological polar surface area (TPSA) is 49.7 Å². The summed E-state index contributed by atoms with van der Waals surface area (Å²) >= 11 is 0. The molecule has 5 nitrogen and oxygen atoms in total. The van der Waals surface area contributed by atoms with Gasteiger partial charge in [0.15, 0.2) is 0 Å². The fourth-order valence-electron chi connectivity index (χ4n) is 6.35. The maximum absolute atomic E-state index is 13.6. The van der Waals surface area contributed by atoms with Crippen molar-refractivity contribution >= 4 is 28.4 Å². The van der Waals surface area contributed by atoms with Gasteiger partial charge in [0, 0.05) is 36.1 Å². The highest BCUT2D eigenvalue weighted by molar-refractivity contribution is 6.10. The first kappa shape index (κ1) is 25.7. The number of benzene rings is 3. The molecule has 2 aliphatic heterocycles. The van der Waals surface area contributed by atoms with E-state index in [0.717, 1.165) is 62.2 Å². The Hall–Kier alpha value is -4.29. The summed E-state index contributed by atoms with van der Waals surface area (Å²) in [6.07, 6.45) is 8.17. The van der Waals surface area contributed by atoms with Gasteiger partial charge in [0.1, 0.15) is 11.6 Å². The number of fused-ring (bicyclic) bond motifs is 2. The van der Waals surface area contributed by atoms with E-state index in [9.17, 15) is 4.39 Å². The van der Waals surface area contributed by atoms with Crippen LogP contribution in [0.4, 0.5) is 4.39 Å². The van der Waals surface area contributed by atoms with Gasteiger partial charge in [-0.3, -0.25) is 4.90 Å². The standard InChI is InChI=1S/C35H34FN5/c1-24-7-13-30-15-18-37-41(30)23-31(26-5-3-2-4-6-26)34(24)27-10-8-25(9-11-27)22-40-19-16-28(17-20-40)35-38-32-14-12-29(36)21-33(32)39-35/h2-6,8-12,14-15,18,21,23,28H,7,13,16-17,19-20,22H2,1H3,(H,38,39). The van der Waals surface area contributed by atoms with E-state index in [1.807, 2.05) is 10.9 Å². The Bertz CT molecular complexity index is 1730. The second kappa shape index (κ2) is 10.9. The molecule has 5 aromatic rings. The Morgan fingerprint density at radius 3 is 2.51 bits per heavy atom.